The van der Waals surface area contributed by atoms with E-state index in [-0.39, 0.29) is 0 Å². The molecule has 0 aromatic carbocycles. The van der Waals surface area contributed by atoms with E-state index in [0.29, 0.717) is 23.3 Å². The predicted octanol–water partition coefficient (Wildman–Crippen LogP) is 4.88. The third-order valence-corrected chi connectivity index (χ3v) is 4.23. The van der Waals surface area contributed by atoms with Gasteiger partial charge in [0.05, 0.1) is 0 Å². The molecule has 0 spiro atoms. The van der Waals surface area contributed by atoms with Crippen molar-refractivity contribution in [1.29, 1.82) is 0 Å². The molecule has 1 aliphatic carbocycles. The van der Waals surface area contributed by atoms with Crippen LogP contribution >= 0.6 is 0 Å². The van der Waals surface area contributed by atoms with Gasteiger partial charge in [-0.25, -0.2) is 0 Å². The molecule has 19 heavy (non-hydrogen) atoms. The average Bonchev–Trinajstić information content (AvgIpc) is 2.89. The summed E-state index contributed by atoms with van der Waals surface area (Å²) in [4.78, 5) is 14.2. The lowest BCUT2D eigenvalue weighted by molar-refractivity contribution is -0.133. The molecule has 2 aliphatic rings. The molecule has 1 heterocycles. The van der Waals surface area contributed by atoms with Gasteiger partial charge in [0.25, 0.3) is 0 Å². The Morgan fingerprint density at radius 2 is 1.79 bits per heavy atom. The molecule has 114 valence electrons. The van der Waals surface area contributed by atoms with Crippen LogP contribution in [0.4, 0.5) is 0 Å². The lowest BCUT2D eigenvalue weighted by Crippen LogP contribution is -2.39. The molecule has 2 atom stereocenters. The Balaban J connectivity index is 0.000000741. The van der Waals surface area contributed by atoms with E-state index >= 15 is 0 Å². The summed E-state index contributed by atoms with van der Waals surface area (Å²) in [6, 6.07) is 0.559. The first-order valence-corrected chi connectivity index (χ1v) is 8.32. The standard InChI is InChI=1S/C13H23NO.2C2H6/c1-10(2)9-12(15)14-8-7-13(3)6-4-5-11(13)14;2*1-2/h10-11H,4-9H2,1-3H3;2*1-2H3/t11-,13-;;/m1../s1. The second kappa shape index (κ2) is 8.60. The summed E-state index contributed by atoms with van der Waals surface area (Å²) in [6.45, 7) is 15.6. The lowest BCUT2D eigenvalue weighted by Gasteiger charge is -2.29. The number of hydrogen-bond acceptors (Lipinski definition) is 1. The minimum Gasteiger partial charge on any atom is -0.339 e. The normalized spacial score (nSPS) is 28.2. The number of rotatable bonds is 2. The maximum Gasteiger partial charge on any atom is 0.223 e. The zero-order valence-corrected chi connectivity index (χ0v) is 14.3. The maximum absolute atomic E-state index is 12.1. The van der Waals surface area contributed by atoms with Crippen molar-refractivity contribution in [3.05, 3.63) is 0 Å². The highest BCUT2D eigenvalue weighted by molar-refractivity contribution is 5.77. The number of fused-ring (bicyclic) bond motifs is 1. The Hall–Kier alpha value is -0.530. The molecular weight excluding hydrogens is 234 g/mol. The molecule has 0 unspecified atom stereocenters. The van der Waals surface area contributed by atoms with Gasteiger partial charge in [-0.2, -0.15) is 0 Å². The fraction of sp³-hybridized carbons (Fsp3) is 0.941. The summed E-state index contributed by atoms with van der Waals surface area (Å²) in [6.07, 6.45) is 5.82. The van der Waals surface area contributed by atoms with Crippen molar-refractivity contribution in [3.63, 3.8) is 0 Å². The van der Waals surface area contributed by atoms with E-state index in [2.05, 4.69) is 25.7 Å². The average molecular weight is 269 g/mol. The van der Waals surface area contributed by atoms with Gasteiger partial charge in [0, 0.05) is 19.0 Å². The molecule has 0 aromatic rings. The smallest absolute Gasteiger partial charge is 0.223 e. The van der Waals surface area contributed by atoms with Crippen molar-refractivity contribution in [2.75, 3.05) is 6.54 Å². The molecule has 1 saturated heterocycles. The molecule has 1 aliphatic heterocycles. The van der Waals surface area contributed by atoms with Gasteiger partial charge >= 0.3 is 0 Å². The van der Waals surface area contributed by atoms with Crippen LogP contribution in [0, 0.1) is 11.3 Å². The van der Waals surface area contributed by atoms with Crippen LogP contribution in [0.25, 0.3) is 0 Å². The van der Waals surface area contributed by atoms with Crippen molar-refractivity contribution in [1.82, 2.24) is 4.90 Å². The molecule has 1 amide bonds. The van der Waals surface area contributed by atoms with Crippen LogP contribution in [-0.2, 0) is 4.79 Å². The van der Waals surface area contributed by atoms with Crippen molar-refractivity contribution in [2.24, 2.45) is 11.3 Å². The Morgan fingerprint density at radius 1 is 1.21 bits per heavy atom. The summed E-state index contributed by atoms with van der Waals surface area (Å²) in [5.41, 5.74) is 0.451. The molecule has 2 rings (SSSR count). The minimum atomic E-state index is 0.389. The van der Waals surface area contributed by atoms with E-state index in [1.54, 1.807) is 0 Å². The summed E-state index contributed by atoms with van der Waals surface area (Å²) in [7, 11) is 0. The van der Waals surface area contributed by atoms with Gasteiger partial charge < -0.3 is 4.90 Å². The zero-order chi connectivity index (χ0) is 15.1. The number of amides is 1. The van der Waals surface area contributed by atoms with Crippen molar-refractivity contribution >= 4 is 5.91 Å². The number of likely N-dealkylation sites (tertiary alicyclic amines) is 1. The quantitative estimate of drug-likeness (QED) is 0.700. The molecule has 0 N–H and O–H groups in total. The molecule has 2 fully saturated rings. The second-order valence-corrected chi connectivity index (χ2v) is 6.00. The number of hydrogen-bond donors (Lipinski definition) is 0. The highest BCUT2D eigenvalue weighted by atomic mass is 16.2. The van der Waals surface area contributed by atoms with Gasteiger partial charge in [-0.05, 0) is 30.6 Å². The lowest BCUT2D eigenvalue weighted by atomic mass is 9.85. The number of carbonyl (C=O) groups excluding carboxylic acids is 1. The zero-order valence-electron chi connectivity index (χ0n) is 14.3. The number of nitrogens with zero attached hydrogens (tertiary/aromatic N) is 1. The molecule has 0 aromatic heterocycles. The topological polar surface area (TPSA) is 20.3 Å². The Morgan fingerprint density at radius 3 is 2.32 bits per heavy atom. The summed E-state index contributed by atoms with van der Waals surface area (Å²) in [5, 5.41) is 0. The Bertz CT molecular complexity index is 262. The van der Waals surface area contributed by atoms with Crippen molar-refractivity contribution < 1.29 is 4.79 Å². The maximum atomic E-state index is 12.1. The predicted molar refractivity (Wildman–Crippen MR) is 84.2 cm³/mol. The third-order valence-electron chi connectivity index (χ3n) is 4.23. The third kappa shape index (κ3) is 4.50. The summed E-state index contributed by atoms with van der Waals surface area (Å²) < 4.78 is 0. The number of carbonyl (C=O) groups is 1. The van der Waals surface area contributed by atoms with Gasteiger partial charge in [0.1, 0.15) is 0 Å². The molecule has 1 saturated carbocycles. The molecule has 2 heteroatoms. The molecule has 2 nitrogen and oxygen atoms in total. The van der Waals surface area contributed by atoms with E-state index in [9.17, 15) is 4.79 Å². The van der Waals surface area contributed by atoms with Crippen LogP contribution in [0.2, 0.25) is 0 Å². The Kier molecular flexibility index (Phi) is 8.36. The molecule has 0 bridgehead atoms. The van der Waals surface area contributed by atoms with Gasteiger partial charge in [0.15, 0.2) is 0 Å². The second-order valence-electron chi connectivity index (χ2n) is 6.00. The van der Waals surface area contributed by atoms with Crippen molar-refractivity contribution in [2.45, 2.75) is 86.6 Å². The van der Waals surface area contributed by atoms with Crippen LogP contribution in [0.1, 0.15) is 80.6 Å². The first kappa shape index (κ1) is 18.5. The first-order chi connectivity index (χ1) is 9.03. The van der Waals surface area contributed by atoms with Crippen LogP contribution in [0.15, 0.2) is 0 Å². The van der Waals surface area contributed by atoms with Crippen LogP contribution in [0.3, 0.4) is 0 Å². The highest BCUT2D eigenvalue weighted by Gasteiger charge is 2.48. The molecular formula is C17H35NO. The van der Waals surface area contributed by atoms with E-state index in [4.69, 9.17) is 0 Å². The van der Waals surface area contributed by atoms with E-state index in [1.165, 1.54) is 25.7 Å². The highest BCUT2D eigenvalue weighted by Crippen LogP contribution is 2.48. The fourth-order valence-corrected chi connectivity index (χ4v) is 3.33. The SMILES string of the molecule is CC.CC.CC(C)CC(=O)N1CC[C@@]2(C)CCC[C@@H]12. The van der Waals surface area contributed by atoms with E-state index < -0.39 is 0 Å². The largest absolute Gasteiger partial charge is 0.339 e. The van der Waals surface area contributed by atoms with E-state index in [1.807, 2.05) is 27.7 Å². The van der Waals surface area contributed by atoms with Gasteiger partial charge in [-0.1, -0.05) is 54.9 Å². The van der Waals surface area contributed by atoms with Crippen LogP contribution in [0.5, 0.6) is 0 Å². The first-order valence-electron chi connectivity index (χ1n) is 8.32. The minimum absolute atomic E-state index is 0.389. The summed E-state index contributed by atoms with van der Waals surface area (Å²) >= 11 is 0. The van der Waals surface area contributed by atoms with Crippen LogP contribution in [-0.4, -0.2) is 23.4 Å². The van der Waals surface area contributed by atoms with E-state index in [0.717, 1.165) is 13.0 Å². The van der Waals surface area contributed by atoms with Crippen LogP contribution < -0.4 is 0 Å². The Labute approximate surface area is 120 Å². The van der Waals surface area contributed by atoms with Crippen molar-refractivity contribution in [3.8, 4) is 0 Å². The van der Waals surface area contributed by atoms with Gasteiger partial charge in [-0.3, -0.25) is 4.79 Å². The molecule has 0 radical (unpaired) electrons. The fourth-order valence-electron chi connectivity index (χ4n) is 3.33. The monoisotopic (exact) mass is 269 g/mol. The van der Waals surface area contributed by atoms with Gasteiger partial charge in [0.2, 0.25) is 5.91 Å². The van der Waals surface area contributed by atoms with Gasteiger partial charge in [-0.15, -0.1) is 0 Å². The summed E-state index contributed by atoms with van der Waals surface area (Å²) in [5.74, 6) is 0.881.